The number of carbonyl (C=O) groups is 1. The summed E-state index contributed by atoms with van der Waals surface area (Å²) >= 11 is 1.30. The monoisotopic (exact) mass is 382 g/mol. The van der Waals surface area contributed by atoms with E-state index in [1.807, 2.05) is 6.92 Å². The SMILES string of the molecule is CCOC(=O)c1cc2cc(S(=O)(=O)N3CC(CN)CC3C)ccc2s1. The molecule has 1 aliphatic rings. The third-order valence-electron chi connectivity index (χ3n) is 4.51. The highest BCUT2D eigenvalue weighted by Gasteiger charge is 2.37. The smallest absolute Gasteiger partial charge is 0.348 e. The molecule has 1 aromatic carbocycles. The van der Waals surface area contributed by atoms with Crippen molar-refractivity contribution in [3.8, 4) is 0 Å². The molecule has 1 aromatic heterocycles. The standard InChI is InChI=1S/C17H22N2O4S2/c1-3-23-17(20)16-8-13-7-14(4-5-15(13)24-16)25(21,22)19-10-12(9-18)6-11(19)2/h4-5,7-8,11-12H,3,6,9-10,18H2,1-2H3. The van der Waals surface area contributed by atoms with Gasteiger partial charge >= 0.3 is 5.97 Å². The molecule has 136 valence electrons. The lowest BCUT2D eigenvalue weighted by atomic mass is 10.1. The van der Waals surface area contributed by atoms with E-state index >= 15 is 0 Å². The van der Waals surface area contributed by atoms with Crippen LogP contribution in [-0.4, -0.2) is 44.4 Å². The zero-order chi connectivity index (χ0) is 18.2. The Labute approximate surface area is 151 Å². The second kappa shape index (κ2) is 7.03. The van der Waals surface area contributed by atoms with Crippen molar-refractivity contribution < 1.29 is 17.9 Å². The summed E-state index contributed by atoms with van der Waals surface area (Å²) in [6, 6.07) is 6.61. The second-order valence-electron chi connectivity index (χ2n) is 6.29. The molecule has 0 bridgehead atoms. The maximum Gasteiger partial charge on any atom is 0.348 e. The van der Waals surface area contributed by atoms with Gasteiger partial charge < -0.3 is 10.5 Å². The van der Waals surface area contributed by atoms with Crippen molar-refractivity contribution in [1.29, 1.82) is 0 Å². The predicted molar refractivity (Wildman–Crippen MR) is 98.3 cm³/mol. The Kier molecular flexibility index (Phi) is 5.15. The van der Waals surface area contributed by atoms with Gasteiger partial charge in [0, 0.05) is 17.3 Å². The second-order valence-corrected chi connectivity index (χ2v) is 9.27. The summed E-state index contributed by atoms with van der Waals surface area (Å²) in [7, 11) is -3.58. The van der Waals surface area contributed by atoms with E-state index in [1.54, 1.807) is 31.2 Å². The van der Waals surface area contributed by atoms with Gasteiger partial charge in [0.2, 0.25) is 10.0 Å². The minimum absolute atomic E-state index is 0.0631. The van der Waals surface area contributed by atoms with Crippen LogP contribution >= 0.6 is 11.3 Å². The van der Waals surface area contributed by atoms with Crippen molar-refractivity contribution in [1.82, 2.24) is 4.31 Å². The predicted octanol–water partition coefficient (Wildman–Crippen LogP) is 2.44. The highest BCUT2D eigenvalue weighted by atomic mass is 32.2. The number of sulfonamides is 1. The molecule has 0 amide bonds. The minimum atomic E-state index is -3.58. The van der Waals surface area contributed by atoms with Crippen molar-refractivity contribution in [3.63, 3.8) is 0 Å². The Hall–Kier alpha value is -1.48. The summed E-state index contributed by atoms with van der Waals surface area (Å²) < 4.78 is 33.4. The number of ether oxygens (including phenoxy) is 1. The summed E-state index contributed by atoms with van der Waals surface area (Å²) in [5.41, 5.74) is 5.71. The summed E-state index contributed by atoms with van der Waals surface area (Å²) in [5.74, 6) is -0.183. The van der Waals surface area contributed by atoms with Gasteiger partial charge in [-0.05, 0) is 62.4 Å². The molecule has 0 radical (unpaired) electrons. The van der Waals surface area contributed by atoms with Crippen LogP contribution in [0.4, 0.5) is 0 Å². The molecule has 6 nitrogen and oxygen atoms in total. The molecular weight excluding hydrogens is 360 g/mol. The Morgan fingerprint density at radius 2 is 2.16 bits per heavy atom. The number of carbonyl (C=O) groups excluding carboxylic acids is 1. The van der Waals surface area contributed by atoms with Gasteiger partial charge in [-0.3, -0.25) is 0 Å². The number of benzene rings is 1. The van der Waals surface area contributed by atoms with Crippen LogP contribution in [0.2, 0.25) is 0 Å². The van der Waals surface area contributed by atoms with Crippen LogP contribution in [0, 0.1) is 5.92 Å². The first kappa shape index (κ1) is 18.3. The molecule has 0 spiro atoms. The number of fused-ring (bicyclic) bond motifs is 1. The molecule has 2 N–H and O–H groups in total. The molecule has 2 atom stereocenters. The van der Waals surface area contributed by atoms with Crippen LogP contribution in [0.25, 0.3) is 10.1 Å². The van der Waals surface area contributed by atoms with Gasteiger partial charge in [-0.2, -0.15) is 4.31 Å². The van der Waals surface area contributed by atoms with E-state index in [0.717, 1.165) is 16.5 Å². The zero-order valence-corrected chi connectivity index (χ0v) is 15.9. The van der Waals surface area contributed by atoms with Crippen molar-refractivity contribution in [2.24, 2.45) is 11.7 Å². The average Bonchev–Trinajstić information content (AvgIpc) is 3.17. The molecule has 1 aliphatic heterocycles. The normalized spacial score (nSPS) is 21.7. The Morgan fingerprint density at radius 3 is 2.80 bits per heavy atom. The molecule has 2 heterocycles. The number of esters is 1. The lowest BCUT2D eigenvalue weighted by molar-refractivity contribution is 0.0532. The van der Waals surface area contributed by atoms with E-state index < -0.39 is 10.0 Å². The summed E-state index contributed by atoms with van der Waals surface area (Å²) in [4.78, 5) is 12.6. The van der Waals surface area contributed by atoms with Gasteiger partial charge in [-0.25, -0.2) is 13.2 Å². The highest BCUT2D eigenvalue weighted by molar-refractivity contribution is 7.89. The van der Waals surface area contributed by atoms with E-state index in [9.17, 15) is 13.2 Å². The number of hydrogen-bond acceptors (Lipinski definition) is 6. The maximum absolute atomic E-state index is 13.0. The number of rotatable bonds is 5. The Morgan fingerprint density at radius 1 is 1.40 bits per heavy atom. The molecule has 0 saturated carbocycles. The first-order chi connectivity index (χ1) is 11.9. The van der Waals surface area contributed by atoms with Crippen molar-refractivity contribution >= 4 is 37.4 Å². The lowest BCUT2D eigenvalue weighted by Crippen LogP contribution is -2.34. The van der Waals surface area contributed by atoms with Gasteiger partial charge in [0.15, 0.2) is 0 Å². The van der Waals surface area contributed by atoms with Crippen LogP contribution in [0.3, 0.4) is 0 Å². The number of hydrogen-bond donors (Lipinski definition) is 1. The number of thiophene rings is 1. The third kappa shape index (κ3) is 3.44. The summed E-state index contributed by atoms with van der Waals surface area (Å²) in [5, 5.41) is 0.733. The molecule has 2 aromatic rings. The van der Waals surface area contributed by atoms with Crippen LogP contribution in [-0.2, 0) is 14.8 Å². The highest BCUT2D eigenvalue weighted by Crippen LogP contribution is 2.32. The van der Waals surface area contributed by atoms with Crippen LogP contribution < -0.4 is 5.73 Å². The van der Waals surface area contributed by atoms with E-state index in [1.165, 1.54) is 15.6 Å². The fourth-order valence-corrected chi connectivity index (χ4v) is 5.93. The lowest BCUT2D eigenvalue weighted by Gasteiger charge is -2.21. The van der Waals surface area contributed by atoms with Gasteiger partial charge in [-0.15, -0.1) is 11.3 Å². The van der Waals surface area contributed by atoms with Gasteiger partial charge in [-0.1, -0.05) is 0 Å². The maximum atomic E-state index is 13.0. The summed E-state index contributed by atoms with van der Waals surface area (Å²) in [6.45, 7) is 4.91. The largest absolute Gasteiger partial charge is 0.462 e. The molecule has 3 rings (SSSR count). The van der Waals surface area contributed by atoms with Crippen molar-refractivity contribution in [3.05, 3.63) is 29.1 Å². The average molecular weight is 383 g/mol. The van der Waals surface area contributed by atoms with Crippen molar-refractivity contribution in [2.75, 3.05) is 19.7 Å². The van der Waals surface area contributed by atoms with Crippen LogP contribution in [0.15, 0.2) is 29.2 Å². The molecule has 1 fully saturated rings. The van der Waals surface area contributed by atoms with Crippen LogP contribution in [0.1, 0.15) is 29.9 Å². The minimum Gasteiger partial charge on any atom is -0.462 e. The third-order valence-corrected chi connectivity index (χ3v) is 7.58. The Bertz CT molecular complexity index is 891. The fraction of sp³-hybridized carbons (Fsp3) is 0.471. The first-order valence-corrected chi connectivity index (χ1v) is 10.5. The quantitative estimate of drug-likeness (QED) is 0.802. The molecule has 1 saturated heterocycles. The van der Waals surface area contributed by atoms with Gasteiger partial charge in [0.1, 0.15) is 4.88 Å². The topological polar surface area (TPSA) is 89.7 Å². The summed E-state index contributed by atoms with van der Waals surface area (Å²) in [6.07, 6.45) is 0.781. The van der Waals surface area contributed by atoms with E-state index in [-0.39, 0.29) is 22.8 Å². The molecule has 0 aliphatic carbocycles. The van der Waals surface area contributed by atoms with Gasteiger partial charge in [0.05, 0.1) is 11.5 Å². The molecule has 2 unspecified atom stereocenters. The number of nitrogens with zero attached hydrogens (tertiary/aromatic N) is 1. The van der Waals surface area contributed by atoms with E-state index in [0.29, 0.717) is 24.6 Å². The first-order valence-electron chi connectivity index (χ1n) is 8.29. The molecular formula is C17H22N2O4S2. The van der Waals surface area contributed by atoms with Gasteiger partial charge in [0.25, 0.3) is 0 Å². The molecule has 8 heteroatoms. The fourth-order valence-electron chi connectivity index (χ4n) is 3.23. The Balaban J connectivity index is 1.94. The van der Waals surface area contributed by atoms with E-state index in [2.05, 4.69) is 0 Å². The van der Waals surface area contributed by atoms with E-state index in [4.69, 9.17) is 10.5 Å². The number of nitrogens with two attached hydrogens (primary N) is 1. The van der Waals surface area contributed by atoms with Crippen molar-refractivity contribution in [2.45, 2.75) is 31.2 Å². The molecule has 25 heavy (non-hydrogen) atoms. The zero-order valence-electron chi connectivity index (χ0n) is 14.3. The van der Waals surface area contributed by atoms with Crippen LogP contribution in [0.5, 0.6) is 0 Å².